The lowest BCUT2D eigenvalue weighted by atomic mass is 10.0. The molecule has 0 spiro atoms. The van der Waals surface area contributed by atoms with Gasteiger partial charge in [0.25, 0.3) is 5.91 Å². The first-order valence-electron chi connectivity index (χ1n) is 9.76. The fraction of sp³-hybridized carbons (Fsp3) is 0.261. The molecular weight excluding hydrogens is 384 g/mol. The van der Waals surface area contributed by atoms with Crippen molar-refractivity contribution in [2.24, 2.45) is 0 Å². The van der Waals surface area contributed by atoms with Gasteiger partial charge in [0.1, 0.15) is 5.76 Å². The number of fused-ring (bicyclic) bond motifs is 2. The van der Waals surface area contributed by atoms with E-state index >= 15 is 0 Å². The summed E-state index contributed by atoms with van der Waals surface area (Å²) in [4.78, 5) is 29.7. The molecule has 4 rings (SSSR count). The molecule has 0 fully saturated rings. The second-order valence-electron chi connectivity index (χ2n) is 6.93. The van der Waals surface area contributed by atoms with Gasteiger partial charge in [-0.25, -0.2) is 9.78 Å². The maximum atomic E-state index is 13.0. The van der Waals surface area contributed by atoms with Crippen molar-refractivity contribution >= 4 is 34.4 Å². The SMILES string of the molecule is COCCNC(=O)COC(=O)c1c2c(nc3ccccc13)C(=Cc1ccco1)CC2. The molecule has 3 aromatic rings. The number of methoxy groups -OCH3 is 1. The highest BCUT2D eigenvalue weighted by Crippen LogP contribution is 2.37. The van der Waals surface area contributed by atoms with Crippen LogP contribution in [0.5, 0.6) is 0 Å². The summed E-state index contributed by atoms with van der Waals surface area (Å²) in [6.45, 7) is 0.414. The molecule has 154 valence electrons. The standard InChI is InChI=1S/C23H22N2O5/c1-28-12-10-24-20(26)14-30-23(27)21-17-6-2-3-7-19(17)25-22-15(8-9-18(21)22)13-16-5-4-11-29-16/h2-7,11,13H,8-10,12,14H2,1H3,(H,24,26). The normalized spacial score (nSPS) is 14.1. The molecule has 0 bridgehead atoms. The van der Waals surface area contributed by atoms with Crippen LogP contribution in [0.4, 0.5) is 0 Å². The number of nitrogens with zero attached hydrogens (tertiary/aromatic N) is 1. The molecule has 0 atom stereocenters. The first kappa shape index (κ1) is 19.8. The Kier molecular flexibility index (Phi) is 5.90. The van der Waals surface area contributed by atoms with E-state index in [1.807, 2.05) is 42.5 Å². The molecule has 0 unspecified atom stereocenters. The van der Waals surface area contributed by atoms with Crippen molar-refractivity contribution in [3.05, 3.63) is 65.2 Å². The van der Waals surface area contributed by atoms with E-state index in [0.717, 1.165) is 34.4 Å². The minimum atomic E-state index is -0.522. The van der Waals surface area contributed by atoms with Gasteiger partial charge in [-0.3, -0.25) is 4.79 Å². The van der Waals surface area contributed by atoms with Crippen LogP contribution in [-0.2, 0) is 20.7 Å². The van der Waals surface area contributed by atoms with Gasteiger partial charge in [-0.1, -0.05) is 18.2 Å². The average Bonchev–Trinajstić information content (AvgIpc) is 3.41. The Hall–Kier alpha value is -3.45. The van der Waals surface area contributed by atoms with E-state index in [1.54, 1.807) is 13.4 Å². The maximum Gasteiger partial charge on any atom is 0.339 e. The van der Waals surface area contributed by atoms with Crippen molar-refractivity contribution in [1.82, 2.24) is 10.3 Å². The van der Waals surface area contributed by atoms with E-state index in [-0.39, 0.29) is 12.5 Å². The van der Waals surface area contributed by atoms with Gasteiger partial charge in [-0.2, -0.15) is 0 Å². The number of para-hydroxylation sites is 1. The first-order valence-corrected chi connectivity index (χ1v) is 9.76. The van der Waals surface area contributed by atoms with Crippen LogP contribution < -0.4 is 5.32 Å². The third kappa shape index (κ3) is 4.11. The number of ether oxygens (including phenoxy) is 2. The highest BCUT2D eigenvalue weighted by Gasteiger charge is 2.28. The molecule has 0 saturated carbocycles. The number of hydrogen-bond donors (Lipinski definition) is 1. The van der Waals surface area contributed by atoms with Gasteiger partial charge in [0.05, 0.1) is 29.6 Å². The summed E-state index contributed by atoms with van der Waals surface area (Å²) in [5, 5.41) is 3.36. The molecule has 1 aliphatic carbocycles. The molecule has 2 heterocycles. The van der Waals surface area contributed by atoms with Gasteiger partial charge in [0, 0.05) is 19.0 Å². The summed E-state index contributed by atoms with van der Waals surface area (Å²) in [6.07, 6.45) is 4.99. The Bertz CT molecular complexity index is 1100. The van der Waals surface area contributed by atoms with Crippen molar-refractivity contribution in [2.45, 2.75) is 12.8 Å². The minimum absolute atomic E-state index is 0.344. The molecule has 0 aliphatic heterocycles. The van der Waals surface area contributed by atoms with Crippen molar-refractivity contribution in [3.63, 3.8) is 0 Å². The van der Waals surface area contributed by atoms with Crippen molar-refractivity contribution in [3.8, 4) is 0 Å². The first-order chi connectivity index (χ1) is 14.7. The highest BCUT2D eigenvalue weighted by atomic mass is 16.5. The number of allylic oxidation sites excluding steroid dienone is 1. The summed E-state index contributed by atoms with van der Waals surface area (Å²) in [7, 11) is 1.55. The number of carbonyl (C=O) groups excluding carboxylic acids is 2. The Morgan fingerprint density at radius 1 is 1.20 bits per heavy atom. The molecule has 0 radical (unpaired) electrons. The summed E-state index contributed by atoms with van der Waals surface area (Å²) < 4.78 is 15.7. The molecular formula is C23H22N2O5. The Morgan fingerprint density at radius 3 is 2.87 bits per heavy atom. The zero-order valence-electron chi connectivity index (χ0n) is 16.6. The van der Waals surface area contributed by atoms with Crippen LogP contribution in [0.2, 0.25) is 0 Å². The topological polar surface area (TPSA) is 90.7 Å². The van der Waals surface area contributed by atoms with Crippen molar-refractivity contribution in [1.29, 1.82) is 0 Å². The number of esters is 1. The highest BCUT2D eigenvalue weighted by molar-refractivity contribution is 6.07. The second kappa shape index (κ2) is 8.92. The van der Waals surface area contributed by atoms with Crippen LogP contribution in [0.15, 0.2) is 47.1 Å². The number of aromatic nitrogens is 1. The van der Waals surface area contributed by atoms with Gasteiger partial charge in [0.15, 0.2) is 6.61 Å². The second-order valence-corrected chi connectivity index (χ2v) is 6.93. The number of nitrogens with one attached hydrogen (secondary N) is 1. The van der Waals surface area contributed by atoms with Crippen LogP contribution in [0.25, 0.3) is 22.6 Å². The van der Waals surface area contributed by atoms with Crippen LogP contribution in [0, 0.1) is 0 Å². The monoisotopic (exact) mass is 406 g/mol. The van der Waals surface area contributed by atoms with Crippen LogP contribution >= 0.6 is 0 Å². The lowest BCUT2D eigenvalue weighted by Crippen LogP contribution is -2.31. The van der Waals surface area contributed by atoms with E-state index < -0.39 is 5.97 Å². The molecule has 7 nitrogen and oxygen atoms in total. The quantitative estimate of drug-likeness (QED) is 0.479. The van der Waals surface area contributed by atoms with Gasteiger partial charge in [-0.05, 0) is 48.3 Å². The lowest BCUT2D eigenvalue weighted by Gasteiger charge is -2.12. The van der Waals surface area contributed by atoms with Crippen LogP contribution in [-0.4, -0.2) is 43.7 Å². The molecule has 2 aromatic heterocycles. The zero-order chi connectivity index (χ0) is 20.9. The molecule has 30 heavy (non-hydrogen) atoms. The van der Waals surface area contributed by atoms with Crippen LogP contribution in [0.1, 0.15) is 33.8 Å². The summed E-state index contributed by atoms with van der Waals surface area (Å²) in [6, 6.07) is 11.2. The largest absolute Gasteiger partial charge is 0.465 e. The minimum Gasteiger partial charge on any atom is -0.465 e. The fourth-order valence-electron chi connectivity index (χ4n) is 3.60. The van der Waals surface area contributed by atoms with Crippen molar-refractivity contribution < 1.29 is 23.5 Å². The predicted octanol–water partition coefficient (Wildman–Crippen LogP) is 3.23. The summed E-state index contributed by atoms with van der Waals surface area (Å²) >= 11 is 0. The smallest absolute Gasteiger partial charge is 0.339 e. The fourth-order valence-corrected chi connectivity index (χ4v) is 3.60. The van der Waals surface area contributed by atoms with E-state index in [1.165, 1.54) is 0 Å². The van der Waals surface area contributed by atoms with E-state index in [2.05, 4.69) is 5.32 Å². The summed E-state index contributed by atoms with van der Waals surface area (Å²) in [5.74, 6) is -0.149. The number of hydrogen-bond acceptors (Lipinski definition) is 6. The zero-order valence-corrected chi connectivity index (χ0v) is 16.6. The summed E-state index contributed by atoms with van der Waals surface area (Å²) in [5.41, 5.74) is 3.82. The molecule has 0 saturated heterocycles. The third-order valence-corrected chi connectivity index (χ3v) is 4.97. The number of rotatable bonds is 7. The number of benzene rings is 1. The van der Waals surface area contributed by atoms with E-state index in [0.29, 0.717) is 30.7 Å². The number of pyridine rings is 1. The van der Waals surface area contributed by atoms with Crippen molar-refractivity contribution in [2.75, 3.05) is 26.9 Å². The molecule has 1 aliphatic rings. The van der Waals surface area contributed by atoms with E-state index in [9.17, 15) is 9.59 Å². The van der Waals surface area contributed by atoms with Gasteiger partial charge < -0.3 is 19.2 Å². The third-order valence-electron chi connectivity index (χ3n) is 4.97. The number of furan rings is 1. The van der Waals surface area contributed by atoms with Gasteiger partial charge in [0.2, 0.25) is 0 Å². The maximum absolute atomic E-state index is 13.0. The number of amides is 1. The Balaban J connectivity index is 1.64. The van der Waals surface area contributed by atoms with Gasteiger partial charge >= 0.3 is 5.97 Å². The average molecular weight is 406 g/mol. The Labute approximate surface area is 173 Å². The number of carbonyl (C=O) groups is 2. The van der Waals surface area contributed by atoms with Gasteiger partial charge in [-0.15, -0.1) is 0 Å². The lowest BCUT2D eigenvalue weighted by molar-refractivity contribution is -0.124. The molecule has 7 heteroatoms. The molecule has 1 aromatic carbocycles. The predicted molar refractivity (Wildman–Crippen MR) is 112 cm³/mol. The van der Waals surface area contributed by atoms with E-state index in [4.69, 9.17) is 18.9 Å². The Morgan fingerprint density at radius 2 is 2.07 bits per heavy atom. The molecule has 1 amide bonds. The van der Waals surface area contributed by atoms with Crippen LogP contribution in [0.3, 0.4) is 0 Å². The molecule has 1 N–H and O–H groups in total.